The van der Waals surface area contributed by atoms with Gasteiger partial charge in [-0.3, -0.25) is 5.32 Å². The Labute approximate surface area is 247 Å². The van der Waals surface area contributed by atoms with Crippen LogP contribution in [0.3, 0.4) is 0 Å². The van der Waals surface area contributed by atoms with Crippen LogP contribution < -0.4 is 20.9 Å². The van der Waals surface area contributed by atoms with Crippen molar-refractivity contribution in [1.82, 2.24) is 20.2 Å². The summed E-state index contributed by atoms with van der Waals surface area (Å²) in [5.41, 5.74) is -0.568. The zero-order valence-electron chi connectivity index (χ0n) is 23.7. The number of alkyl halides is 3. The average molecular weight is 608 g/mol. The SMILES string of the molecule is C=C/C=C(\C=C(/C)C(F)(F)F)NC(=O)N1CCN(c2nc(Nc3ccccc3NC(=O)OC(C)(C)C)ncc2Cl)CC1. The van der Waals surface area contributed by atoms with Gasteiger partial charge in [-0.1, -0.05) is 36.4 Å². The second kappa shape index (κ2) is 13.6. The Kier molecular flexibility index (Phi) is 10.4. The van der Waals surface area contributed by atoms with Crippen LogP contribution in [0.25, 0.3) is 0 Å². The predicted octanol–water partition coefficient (Wildman–Crippen LogP) is 6.63. The number of para-hydroxylation sites is 2. The van der Waals surface area contributed by atoms with Gasteiger partial charge in [-0.05, 0) is 52.0 Å². The zero-order valence-corrected chi connectivity index (χ0v) is 24.4. The molecule has 226 valence electrons. The molecule has 2 heterocycles. The van der Waals surface area contributed by atoms with Crippen LogP contribution in [0.4, 0.5) is 45.9 Å². The molecule has 0 atom stereocenters. The predicted molar refractivity (Wildman–Crippen MR) is 157 cm³/mol. The lowest BCUT2D eigenvalue weighted by atomic mass is 10.2. The molecule has 1 aliphatic rings. The smallest absolute Gasteiger partial charge is 0.412 e. The minimum absolute atomic E-state index is 0.0248. The monoisotopic (exact) mass is 607 g/mol. The molecule has 42 heavy (non-hydrogen) atoms. The maximum Gasteiger partial charge on any atom is 0.412 e. The fraction of sp³-hybridized carbons (Fsp3) is 0.357. The molecule has 0 saturated carbocycles. The fourth-order valence-electron chi connectivity index (χ4n) is 3.77. The second-order valence-corrected chi connectivity index (χ2v) is 10.7. The Morgan fingerprint density at radius 1 is 1.10 bits per heavy atom. The standard InChI is InChI=1S/C28H33ClF3N7O3/c1-6-9-19(16-18(2)28(30,31)32)34-25(40)39-14-12-38(13-15-39)23-20(29)17-33-24(37-23)35-21-10-7-8-11-22(21)36-26(41)42-27(3,4)5/h6-11,16-17H,1,12-15H2,2-5H3,(H,34,40)(H,36,41)(H,33,35,37)/b18-16+,19-9+. The highest BCUT2D eigenvalue weighted by atomic mass is 35.5. The van der Waals surface area contributed by atoms with E-state index in [2.05, 4.69) is 32.5 Å². The van der Waals surface area contributed by atoms with E-state index in [1.54, 1.807) is 45.0 Å². The van der Waals surface area contributed by atoms with Crippen LogP contribution >= 0.6 is 11.6 Å². The first-order chi connectivity index (χ1) is 19.7. The second-order valence-electron chi connectivity index (χ2n) is 10.2. The summed E-state index contributed by atoms with van der Waals surface area (Å²) < 4.78 is 44.2. The number of piperazine rings is 1. The van der Waals surface area contributed by atoms with Crippen molar-refractivity contribution in [2.75, 3.05) is 41.7 Å². The molecule has 1 fully saturated rings. The van der Waals surface area contributed by atoms with Crippen LogP contribution in [0.15, 0.2) is 66.5 Å². The maximum absolute atomic E-state index is 13.0. The maximum atomic E-state index is 13.0. The first-order valence-electron chi connectivity index (χ1n) is 12.9. The molecule has 0 bridgehead atoms. The van der Waals surface area contributed by atoms with E-state index >= 15 is 0 Å². The topological polar surface area (TPSA) is 112 Å². The number of urea groups is 1. The number of ether oxygens (including phenoxy) is 1. The summed E-state index contributed by atoms with van der Waals surface area (Å²) in [4.78, 5) is 37.2. The van der Waals surface area contributed by atoms with Gasteiger partial charge in [-0.25, -0.2) is 14.6 Å². The fourth-order valence-corrected chi connectivity index (χ4v) is 3.98. The number of amides is 3. The minimum Gasteiger partial charge on any atom is -0.444 e. The number of nitrogens with zero attached hydrogens (tertiary/aromatic N) is 4. The zero-order chi connectivity index (χ0) is 31.1. The number of aromatic nitrogens is 2. The molecule has 14 heteroatoms. The van der Waals surface area contributed by atoms with Crippen LogP contribution in [0.5, 0.6) is 0 Å². The van der Waals surface area contributed by atoms with Crippen molar-refractivity contribution in [1.29, 1.82) is 0 Å². The molecule has 1 aromatic heterocycles. The van der Waals surface area contributed by atoms with Crippen LogP contribution in [-0.4, -0.2) is 64.9 Å². The molecule has 0 aliphatic carbocycles. The molecule has 1 aromatic carbocycles. The van der Waals surface area contributed by atoms with E-state index in [0.717, 1.165) is 13.0 Å². The normalized spacial score (nSPS) is 14.8. The molecule has 10 nitrogen and oxygen atoms in total. The number of hydrogen-bond acceptors (Lipinski definition) is 7. The Hall–Kier alpha value is -4.26. The molecular weight excluding hydrogens is 575 g/mol. The Morgan fingerprint density at radius 3 is 2.33 bits per heavy atom. The number of anilines is 4. The summed E-state index contributed by atoms with van der Waals surface area (Å²) in [6.45, 7) is 11.0. The molecule has 3 N–H and O–H groups in total. The minimum atomic E-state index is -4.52. The van der Waals surface area contributed by atoms with Crippen LogP contribution in [0.1, 0.15) is 27.7 Å². The van der Waals surface area contributed by atoms with Crippen molar-refractivity contribution in [3.05, 3.63) is 71.6 Å². The first-order valence-corrected chi connectivity index (χ1v) is 13.3. The number of halogens is 4. The van der Waals surface area contributed by atoms with Crippen molar-refractivity contribution < 1.29 is 27.5 Å². The molecule has 0 unspecified atom stereocenters. The van der Waals surface area contributed by atoms with E-state index in [1.165, 1.54) is 23.2 Å². The van der Waals surface area contributed by atoms with Crippen LogP contribution in [0.2, 0.25) is 5.02 Å². The molecule has 0 spiro atoms. The number of benzene rings is 1. The molecule has 3 rings (SSSR count). The van der Waals surface area contributed by atoms with Crippen molar-refractivity contribution in [3.63, 3.8) is 0 Å². The van der Waals surface area contributed by atoms with E-state index in [9.17, 15) is 22.8 Å². The van der Waals surface area contributed by atoms with Crippen molar-refractivity contribution >= 4 is 46.9 Å². The van der Waals surface area contributed by atoms with Gasteiger partial charge >= 0.3 is 18.3 Å². The number of nitrogens with one attached hydrogen (secondary N) is 3. The third-order valence-electron chi connectivity index (χ3n) is 5.77. The lowest BCUT2D eigenvalue weighted by Crippen LogP contribution is -2.51. The van der Waals surface area contributed by atoms with E-state index in [0.29, 0.717) is 35.3 Å². The van der Waals surface area contributed by atoms with Gasteiger partial charge in [0.2, 0.25) is 5.95 Å². The molecule has 1 saturated heterocycles. The van der Waals surface area contributed by atoms with E-state index < -0.39 is 29.5 Å². The highest BCUT2D eigenvalue weighted by Crippen LogP contribution is 2.29. The quantitative estimate of drug-likeness (QED) is 0.303. The average Bonchev–Trinajstić information content (AvgIpc) is 2.89. The van der Waals surface area contributed by atoms with Gasteiger partial charge in [-0.2, -0.15) is 18.2 Å². The Bertz CT molecular complexity index is 1370. The number of allylic oxidation sites excluding steroid dienone is 4. The van der Waals surface area contributed by atoms with Crippen LogP contribution in [-0.2, 0) is 4.74 Å². The third-order valence-corrected chi connectivity index (χ3v) is 6.04. The van der Waals surface area contributed by atoms with Crippen molar-refractivity contribution in [2.24, 2.45) is 0 Å². The Balaban J connectivity index is 1.67. The number of carbonyl (C=O) groups excluding carboxylic acids is 2. The summed E-state index contributed by atoms with van der Waals surface area (Å²) in [6, 6.07) is 6.43. The van der Waals surface area contributed by atoms with Crippen molar-refractivity contribution in [3.8, 4) is 0 Å². The lowest BCUT2D eigenvalue weighted by molar-refractivity contribution is -0.0913. The highest BCUT2D eigenvalue weighted by molar-refractivity contribution is 6.32. The van der Waals surface area contributed by atoms with E-state index in [4.69, 9.17) is 16.3 Å². The molecule has 0 radical (unpaired) electrons. The number of carbonyl (C=O) groups is 2. The number of hydrogen-bond donors (Lipinski definition) is 3. The van der Waals surface area contributed by atoms with Gasteiger partial charge in [0.05, 0.1) is 17.6 Å². The summed E-state index contributed by atoms with van der Waals surface area (Å²) in [5.74, 6) is 0.654. The summed E-state index contributed by atoms with van der Waals surface area (Å²) in [5, 5.41) is 8.58. The van der Waals surface area contributed by atoms with Gasteiger partial charge in [0.25, 0.3) is 0 Å². The van der Waals surface area contributed by atoms with Gasteiger partial charge < -0.3 is 25.2 Å². The third kappa shape index (κ3) is 9.40. The van der Waals surface area contributed by atoms with Gasteiger partial charge in [-0.15, -0.1) is 0 Å². The highest BCUT2D eigenvalue weighted by Gasteiger charge is 2.30. The van der Waals surface area contributed by atoms with E-state index in [-0.39, 0.29) is 24.7 Å². The van der Waals surface area contributed by atoms with Gasteiger partial charge in [0.15, 0.2) is 5.82 Å². The van der Waals surface area contributed by atoms with Gasteiger partial charge in [0, 0.05) is 37.4 Å². The molecular formula is C28H33ClF3N7O3. The van der Waals surface area contributed by atoms with Crippen molar-refractivity contribution in [2.45, 2.75) is 39.5 Å². The first kappa shape index (κ1) is 32.3. The summed E-state index contributed by atoms with van der Waals surface area (Å²) in [7, 11) is 0. The number of rotatable bonds is 7. The van der Waals surface area contributed by atoms with E-state index in [1.807, 2.05) is 4.90 Å². The summed E-state index contributed by atoms with van der Waals surface area (Å²) >= 11 is 6.41. The Morgan fingerprint density at radius 2 is 1.74 bits per heavy atom. The van der Waals surface area contributed by atoms with Gasteiger partial charge in [0.1, 0.15) is 10.6 Å². The lowest BCUT2D eigenvalue weighted by Gasteiger charge is -2.35. The summed E-state index contributed by atoms with van der Waals surface area (Å²) in [6.07, 6.45) is -0.252. The largest absolute Gasteiger partial charge is 0.444 e. The molecule has 1 aliphatic heterocycles. The molecule has 2 aromatic rings. The van der Waals surface area contributed by atoms with Crippen LogP contribution in [0, 0.1) is 0 Å². The molecule has 3 amide bonds.